The largest absolute Gasteiger partial charge is 0.368 e. The maximum absolute atomic E-state index is 13.0. The number of aryl methyl sites for hydroxylation is 1. The molecule has 5 rings (SSSR count). The number of nitrogens with zero attached hydrogens (tertiary/aromatic N) is 2. The summed E-state index contributed by atoms with van der Waals surface area (Å²) < 4.78 is 0. The third-order valence-corrected chi connectivity index (χ3v) is 5.44. The Morgan fingerprint density at radius 2 is 1.74 bits per heavy atom. The lowest BCUT2D eigenvalue weighted by Gasteiger charge is -2.12. The minimum Gasteiger partial charge on any atom is -0.368 e. The van der Waals surface area contributed by atoms with Crippen LogP contribution in [0.25, 0.3) is 32.8 Å². The molecule has 0 fully saturated rings. The van der Waals surface area contributed by atoms with Crippen molar-refractivity contribution in [3.8, 4) is 11.1 Å². The molecule has 0 aliphatic rings. The molecule has 1 aromatic heterocycles. The second-order valence-electron chi connectivity index (χ2n) is 7.51. The van der Waals surface area contributed by atoms with Crippen molar-refractivity contribution >= 4 is 39.2 Å². The first-order chi connectivity index (χ1) is 15.1. The number of hydrogen-bond donors (Lipinski definition) is 2. The minimum absolute atomic E-state index is 0.131. The Kier molecular flexibility index (Phi) is 4.56. The normalized spacial score (nSPS) is 11.0. The second-order valence-corrected chi connectivity index (χ2v) is 7.51. The Bertz CT molecular complexity index is 1450. The zero-order chi connectivity index (χ0) is 21.4. The van der Waals surface area contributed by atoms with Crippen LogP contribution in [0.15, 0.2) is 85.1 Å². The van der Waals surface area contributed by atoms with Crippen molar-refractivity contribution in [1.82, 2.24) is 9.97 Å². The summed E-state index contributed by atoms with van der Waals surface area (Å²) in [6.07, 6.45) is 1.72. The molecule has 0 radical (unpaired) electrons. The quantitative estimate of drug-likeness (QED) is 0.410. The van der Waals surface area contributed by atoms with Gasteiger partial charge in [-0.1, -0.05) is 48.5 Å². The average Bonchev–Trinajstić information content (AvgIpc) is 2.79. The van der Waals surface area contributed by atoms with E-state index < -0.39 is 0 Å². The van der Waals surface area contributed by atoms with Gasteiger partial charge in [0.2, 0.25) is 5.95 Å². The highest BCUT2D eigenvalue weighted by Crippen LogP contribution is 2.29. The summed E-state index contributed by atoms with van der Waals surface area (Å²) >= 11 is 0. The van der Waals surface area contributed by atoms with Gasteiger partial charge in [-0.15, -0.1) is 0 Å². The third-order valence-electron chi connectivity index (χ3n) is 5.44. The first-order valence-electron chi connectivity index (χ1n) is 10.0. The number of aromatic nitrogens is 2. The Morgan fingerprint density at radius 1 is 0.903 bits per heavy atom. The minimum atomic E-state index is -0.131. The van der Waals surface area contributed by atoms with Gasteiger partial charge in [-0.05, 0) is 64.7 Å². The second kappa shape index (κ2) is 7.54. The van der Waals surface area contributed by atoms with Crippen LogP contribution >= 0.6 is 0 Å². The number of anilines is 2. The highest BCUT2D eigenvalue weighted by Gasteiger charge is 2.12. The summed E-state index contributed by atoms with van der Waals surface area (Å²) in [7, 11) is 0. The SMILES string of the molecule is Cc1ccc(NC(=O)c2cccc3ccccc23)cc1-c1ccc2nc(N)ncc2c1. The van der Waals surface area contributed by atoms with Crippen LogP contribution in [0.5, 0.6) is 0 Å². The molecule has 0 bridgehead atoms. The number of nitrogen functional groups attached to an aromatic ring is 1. The third kappa shape index (κ3) is 3.57. The van der Waals surface area contributed by atoms with Gasteiger partial charge < -0.3 is 11.1 Å². The fourth-order valence-corrected chi connectivity index (χ4v) is 3.85. The van der Waals surface area contributed by atoms with Gasteiger partial charge in [0.25, 0.3) is 5.91 Å². The highest BCUT2D eigenvalue weighted by atomic mass is 16.1. The van der Waals surface area contributed by atoms with Crippen molar-refractivity contribution in [1.29, 1.82) is 0 Å². The first-order valence-corrected chi connectivity index (χ1v) is 10.0. The number of nitrogens with one attached hydrogen (secondary N) is 1. The number of carbonyl (C=O) groups excluding carboxylic acids is 1. The van der Waals surface area contributed by atoms with Gasteiger partial charge >= 0.3 is 0 Å². The molecule has 5 nitrogen and oxygen atoms in total. The Hall–Kier alpha value is -4.25. The van der Waals surface area contributed by atoms with E-state index in [-0.39, 0.29) is 11.9 Å². The van der Waals surface area contributed by atoms with E-state index in [0.29, 0.717) is 5.56 Å². The Balaban J connectivity index is 1.50. The summed E-state index contributed by atoms with van der Waals surface area (Å²) in [6, 6.07) is 25.6. The number of rotatable bonds is 3. The van der Waals surface area contributed by atoms with Crippen molar-refractivity contribution in [3.63, 3.8) is 0 Å². The Morgan fingerprint density at radius 3 is 2.65 bits per heavy atom. The van der Waals surface area contributed by atoms with E-state index in [0.717, 1.165) is 44.1 Å². The van der Waals surface area contributed by atoms with Gasteiger partial charge in [0.15, 0.2) is 0 Å². The molecule has 0 spiro atoms. The molecule has 0 aliphatic heterocycles. The standard InChI is InChI=1S/C26H20N4O/c1-16-9-11-20(29-25(31)22-8-4-6-17-5-2-3-7-21(17)22)14-23(16)18-10-12-24-19(13-18)15-28-26(27)30-24/h2-15H,1H3,(H,29,31)(H2,27,28,30). The van der Waals surface area contributed by atoms with E-state index in [4.69, 9.17) is 5.73 Å². The summed E-state index contributed by atoms with van der Waals surface area (Å²) in [5.74, 6) is 0.128. The van der Waals surface area contributed by atoms with Gasteiger partial charge in [-0.3, -0.25) is 4.79 Å². The first kappa shape index (κ1) is 18.8. The topological polar surface area (TPSA) is 80.9 Å². The molecule has 0 saturated carbocycles. The average molecular weight is 404 g/mol. The molecular weight excluding hydrogens is 384 g/mol. The molecule has 0 unspecified atom stereocenters. The van der Waals surface area contributed by atoms with Gasteiger partial charge in [0.1, 0.15) is 0 Å². The maximum Gasteiger partial charge on any atom is 0.256 e. The van der Waals surface area contributed by atoms with Gasteiger partial charge in [0, 0.05) is 22.8 Å². The lowest BCUT2D eigenvalue weighted by molar-refractivity contribution is 0.102. The molecule has 150 valence electrons. The Labute approximate surface area is 179 Å². The van der Waals surface area contributed by atoms with Crippen molar-refractivity contribution in [2.45, 2.75) is 6.92 Å². The lowest BCUT2D eigenvalue weighted by atomic mass is 9.98. The van der Waals surface area contributed by atoms with Crippen LogP contribution in [-0.2, 0) is 0 Å². The number of fused-ring (bicyclic) bond motifs is 2. The van der Waals surface area contributed by atoms with Crippen LogP contribution in [0, 0.1) is 6.92 Å². The summed E-state index contributed by atoms with van der Waals surface area (Å²) in [4.78, 5) is 21.4. The van der Waals surface area contributed by atoms with Crippen LogP contribution in [0.1, 0.15) is 15.9 Å². The molecule has 4 aromatic carbocycles. The van der Waals surface area contributed by atoms with Gasteiger partial charge in [-0.2, -0.15) is 0 Å². The predicted octanol–water partition coefficient (Wildman–Crippen LogP) is 5.59. The predicted molar refractivity (Wildman–Crippen MR) is 126 cm³/mol. The van der Waals surface area contributed by atoms with E-state index in [1.807, 2.05) is 78.9 Å². The summed E-state index contributed by atoms with van der Waals surface area (Å²) in [6.45, 7) is 2.05. The van der Waals surface area contributed by atoms with Crippen molar-refractivity contribution in [3.05, 3.63) is 96.2 Å². The molecular formula is C26H20N4O. The van der Waals surface area contributed by atoms with Crippen molar-refractivity contribution < 1.29 is 4.79 Å². The number of carbonyl (C=O) groups is 1. The van der Waals surface area contributed by atoms with Crippen LogP contribution in [0.4, 0.5) is 11.6 Å². The van der Waals surface area contributed by atoms with Crippen LogP contribution < -0.4 is 11.1 Å². The molecule has 5 aromatic rings. The van der Waals surface area contributed by atoms with E-state index in [1.54, 1.807) is 6.20 Å². The molecule has 3 N–H and O–H groups in total. The smallest absolute Gasteiger partial charge is 0.256 e. The monoisotopic (exact) mass is 404 g/mol. The number of hydrogen-bond acceptors (Lipinski definition) is 4. The lowest BCUT2D eigenvalue weighted by Crippen LogP contribution is -2.12. The molecule has 1 heterocycles. The number of amides is 1. The molecule has 5 heteroatoms. The maximum atomic E-state index is 13.0. The van der Waals surface area contributed by atoms with Crippen LogP contribution in [-0.4, -0.2) is 15.9 Å². The van der Waals surface area contributed by atoms with E-state index in [2.05, 4.69) is 22.2 Å². The van der Waals surface area contributed by atoms with Gasteiger partial charge in [0.05, 0.1) is 5.52 Å². The molecule has 0 atom stereocenters. The zero-order valence-electron chi connectivity index (χ0n) is 17.0. The molecule has 0 saturated heterocycles. The summed E-state index contributed by atoms with van der Waals surface area (Å²) in [5.41, 5.74) is 11.1. The van der Waals surface area contributed by atoms with Crippen molar-refractivity contribution in [2.24, 2.45) is 0 Å². The summed E-state index contributed by atoms with van der Waals surface area (Å²) in [5, 5.41) is 5.94. The van der Waals surface area contributed by atoms with Gasteiger partial charge in [-0.25, -0.2) is 9.97 Å². The molecule has 31 heavy (non-hydrogen) atoms. The molecule has 1 amide bonds. The van der Waals surface area contributed by atoms with Crippen LogP contribution in [0.2, 0.25) is 0 Å². The fraction of sp³-hybridized carbons (Fsp3) is 0.0385. The fourth-order valence-electron chi connectivity index (χ4n) is 3.85. The zero-order valence-corrected chi connectivity index (χ0v) is 17.0. The number of nitrogens with two attached hydrogens (primary N) is 1. The molecule has 0 aliphatic carbocycles. The van der Waals surface area contributed by atoms with E-state index in [1.165, 1.54) is 0 Å². The van der Waals surface area contributed by atoms with E-state index in [9.17, 15) is 4.79 Å². The highest BCUT2D eigenvalue weighted by molar-refractivity contribution is 6.13. The van der Waals surface area contributed by atoms with E-state index >= 15 is 0 Å². The van der Waals surface area contributed by atoms with Crippen LogP contribution in [0.3, 0.4) is 0 Å². The number of benzene rings is 4. The van der Waals surface area contributed by atoms with Crippen molar-refractivity contribution in [2.75, 3.05) is 11.1 Å².